The van der Waals surface area contributed by atoms with Crippen molar-refractivity contribution in [2.75, 3.05) is 13.1 Å². The van der Waals surface area contributed by atoms with Gasteiger partial charge in [-0.2, -0.15) is 0 Å². The highest BCUT2D eigenvalue weighted by atomic mass is 16.2. The van der Waals surface area contributed by atoms with E-state index in [4.69, 9.17) is 5.73 Å². The van der Waals surface area contributed by atoms with Gasteiger partial charge in [0.2, 0.25) is 5.91 Å². The lowest BCUT2D eigenvalue weighted by atomic mass is 9.94. The van der Waals surface area contributed by atoms with Crippen molar-refractivity contribution in [1.82, 2.24) is 4.90 Å². The van der Waals surface area contributed by atoms with Gasteiger partial charge in [0.05, 0.1) is 6.42 Å². The van der Waals surface area contributed by atoms with E-state index in [0.717, 1.165) is 25.1 Å². The molecule has 3 heteroatoms. The van der Waals surface area contributed by atoms with Crippen molar-refractivity contribution >= 4 is 5.91 Å². The Labute approximate surface area is 109 Å². The number of amides is 1. The number of carbonyl (C=O) groups is 1. The van der Waals surface area contributed by atoms with E-state index in [1.807, 2.05) is 17.0 Å². The molecule has 3 nitrogen and oxygen atoms in total. The second kappa shape index (κ2) is 5.53. The van der Waals surface area contributed by atoms with Crippen molar-refractivity contribution in [2.45, 2.75) is 32.7 Å². The number of carbonyl (C=O) groups excluding carboxylic acids is 1. The number of rotatable bonds is 2. The van der Waals surface area contributed by atoms with Gasteiger partial charge in [0.15, 0.2) is 0 Å². The van der Waals surface area contributed by atoms with Crippen molar-refractivity contribution in [1.29, 1.82) is 0 Å². The van der Waals surface area contributed by atoms with Crippen LogP contribution in [0.15, 0.2) is 24.3 Å². The van der Waals surface area contributed by atoms with Crippen molar-refractivity contribution < 1.29 is 4.79 Å². The van der Waals surface area contributed by atoms with E-state index in [-0.39, 0.29) is 11.9 Å². The summed E-state index contributed by atoms with van der Waals surface area (Å²) in [6.07, 6.45) is 1.42. The van der Waals surface area contributed by atoms with Gasteiger partial charge in [0.1, 0.15) is 0 Å². The zero-order valence-electron chi connectivity index (χ0n) is 11.2. The summed E-state index contributed by atoms with van der Waals surface area (Å²) in [7, 11) is 0. The van der Waals surface area contributed by atoms with E-state index >= 15 is 0 Å². The molecule has 0 spiro atoms. The lowest BCUT2D eigenvalue weighted by Gasteiger charge is -2.35. The minimum absolute atomic E-state index is 0.220. The van der Waals surface area contributed by atoms with Crippen LogP contribution in [0.4, 0.5) is 0 Å². The molecular weight excluding hydrogens is 224 g/mol. The topological polar surface area (TPSA) is 46.3 Å². The molecule has 0 bridgehead atoms. The molecule has 0 aliphatic carbocycles. The summed E-state index contributed by atoms with van der Waals surface area (Å²) in [5.41, 5.74) is 8.29. The van der Waals surface area contributed by atoms with Gasteiger partial charge < -0.3 is 10.6 Å². The van der Waals surface area contributed by atoms with Crippen LogP contribution in [0.1, 0.15) is 24.5 Å². The fourth-order valence-corrected chi connectivity index (χ4v) is 2.38. The third-order valence-corrected chi connectivity index (χ3v) is 3.80. The predicted molar refractivity (Wildman–Crippen MR) is 73.2 cm³/mol. The Kier molecular flexibility index (Phi) is 4.02. The van der Waals surface area contributed by atoms with E-state index in [0.29, 0.717) is 12.3 Å². The van der Waals surface area contributed by atoms with Crippen LogP contribution in [-0.4, -0.2) is 29.9 Å². The van der Waals surface area contributed by atoms with E-state index in [9.17, 15) is 4.79 Å². The molecule has 1 heterocycles. The minimum atomic E-state index is 0.220. The quantitative estimate of drug-likeness (QED) is 0.864. The maximum absolute atomic E-state index is 12.2. The second-order valence-corrected chi connectivity index (χ2v) is 5.43. The molecule has 98 valence electrons. The third kappa shape index (κ3) is 3.10. The largest absolute Gasteiger partial charge is 0.342 e. The second-order valence-electron chi connectivity index (χ2n) is 5.43. The number of nitrogens with zero attached hydrogens (tertiary/aromatic N) is 1. The summed E-state index contributed by atoms with van der Waals surface area (Å²) in [6.45, 7) is 5.78. The lowest BCUT2D eigenvalue weighted by Crippen LogP contribution is -2.48. The highest BCUT2D eigenvalue weighted by molar-refractivity contribution is 5.78. The Morgan fingerprint density at radius 2 is 2.06 bits per heavy atom. The van der Waals surface area contributed by atoms with Gasteiger partial charge in [-0.05, 0) is 24.8 Å². The van der Waals surface area contributed by atoms with Crippen LogP contribution in [0.2, 0.25) is 0 Å². The maximum atomic E-state index is 12.2. The van der Waals surface area contributed by atoms with Crippen LogP contribution in [0.25, 0.3) is 0 Å². The van der Waals surface area contributed by atoms with Gasteiger partial charge in [0, 0.05) is 19.1 Å². The highest BCUT2D eigenvalue weighted by Gasteiger charge is 2.25. The van der Waals surface area contributed by atoms with E-state index in [1.165, 1.54) is 5.56 Å². The fourth-order valence-electron chi connectivity index (χ4n) is 2.38. The summed E-state index contributed by atoms with van der Waals surface area (Å²) < 4.78 is 0. The normalized spacial score (nSPS) is 24.1. The average Bonchev–Trinajstić information content (AvgIpc) is 2.35. The molecule has 2 rings (SSSR count). The summed E-state index contributed by atoms with van der Waals surface area (Å²) in [4.78, 5) is 14.1. The van der Waals surface area contributed by atoms with E-state index < -0.39 is 0 Å². The molecular formula is C15H22N2O. The average molecular weight is 246 g/mol. The highest BCUT2D eigenvalue weighted by Crippen LogP contribution is 2.16. The Bertz CT molecular complexity index is 413. The Morgan fingerprint density at radius 3 is 2.67 bits per heavy atom. The van der Waals surface area contributed by atoms with Crippen LogP contribution >= 0.6 is 0 Å². The van der Waals surface area contributed by atoms with Crippen molar-refractivity contribution in [3.05, 3.63) is 35.4 Å². The molecule has 0 radical (unpaired) electrons. The number of aryl methyl sites for hydroxylation is 1. The first-order valence-electron chi connectivity index (χ1n) is 6.65. The SMILES string of the molecule is Cc1ccc(CC(=O)N2CCC(N)C(C)C2)cc1. The van der Waals surface area contributed by atoms with E-state index in [2.05, 4.69) is 26.0 Å². The molecule has 1 aromatic carbocycles. The zero-order chi connectivity index (χ0) is 13.1. The van der Waals surface area contributed by atoms with Crippen molar-refractivity contribution in [2.24, 2.45) is 11.7 Å². The standard InChI is InChI=1S/C15H22N2O/c1-11-3-5-13(6-4-11)9-15(18)17-8-7-14(16)12(2)10-17/h3-6,12,14H,7-10,16H2,1-2H3. The van der Waals surface area contributed by atoms with Gasteiger partial charge >= 0.3 is 0 Å². The number of hydrogen-bond acceptors (Lipinski definition) is 2. The Morgan fingerprint density at radius 1 is 1.39 bits per heavy atom. The molecule has 0 aromatic heterocycles. The van der Waals surface area contributed by atoms with Crippen molar-refractivity contribution in [3.63, 3.8) is 0 Å². The summed E-state index contributed by atoms with van der Waals surface area (Å²) in [5, 5.41) is 0. The predicted octanol–water partition coefficient (Wildman–Crippen LogP) is 1.73. The van der Waals surface area contributed by atoms with Crippen LogP contribution < -0.4 is 5.73 Å². The minimum Gasteiger partial charge on any atom is -0.342 e. The van der Waals surface area contributed by atoms with Crippen LogP contribution in [0.3, 0.4) is 0 Å². The van der Waals surface area contributed by atoms with E-state index in [1.54, 1.807) is 0 Å². The molecule has 1 fully saturated rings. The van der Waals surface area contributed by atoms with Gasteiger partial charge in [-0.25, -0.2) is 0 Å². The molecule has 1 amide bonds. The number of nitrogens with two attached hydrogens (primary N) is 1. The summed E-state index contributed by atoms with van der Waals surface area (Å²) in [5.74, 6) is 0.623. The third-order valence-electron chi connectivity index (χ3n) is 3.80. The number of hydrogen-bond donors (Lipinski definition) is 1. The smallest absolute Gasteiger partial charge is 0.227 e. The van der Waals surface area contributed by atoms with Gasteiger partial charge in [-0.15, -0.1) is 0 Å². The molecule has 2 unspecified atom stereocenters. The summed E-state index contributed by atoms with van der Waals surface area (Å²) >= 11 is 0. The molecule has 18 heavy (non-hydrogen) atoms. The van der Waals surface area contributed by atoms with Gasteiger partial charge in [-0.3, -0.25) is 4.79 Å². The van der Waals surface area contributed by atoms with Gasteiger partial charge in [0.25, 0.3) is 0 Å². The molecule has 0 saturated carbocycles. The Balaban J connectivity index is 1.94. The molecule has 2 N–H and O–H groups in total. The lowest BCUT2D eigenvalue weighted by molar-refractivity contribution is -0.132. The molecule has 1 aromatic rings. The van der Waals surface area contributed by atoms with Crippen LogP contribution in [0, 0.1) is 12.8 Å². The Hall–Kier alpha value is -1.35. The van der Waals surface area contributed by atoms with Gasteiger partial charge in [-0.1, -0.05) is 36.8 Å². The molecule has 1 saturated heterocycles. The van der Waals surface area contributed by atoms with Crippen LogP contribution in [-0.2, 0) is 11.2 Å². The summed E-state index contributed by atoms with van der Waals surface area (Å²) in [6, 6.07) is 8.42. The monoisotopic (exact) mass is 246 g/mol. The fraction of sp³-hybridized carbons (Fsp3) is 0.533. The first-order valence-corrected chi connectivity index (χ1v) is 6.65. The molecule has 1 aliphatic rings. The molecule has 2 atom stereocenters. The molecule has 1 aliphatic heterocycles. The van der Waals surface area contributed by atoms with Crippen LogP contribution in [0.5, 0.6) is 0 Å². The number of likely N-dealkylation sites (tertiary alicyclic amines) is 1. The van der Waals surface area contributed by atoms with Crippen molar-refractivity contribution in [3.8, 4) is 0 Å². The first-order chi connectivity index (χ1) is 8.56. The number of piperidine rings is 1. The number of benzene rings is 1. The zero-order valence-corrected chi connectivity index (χ0v) is 11.2. The first kappa shape index (κ1) is 13.1. The maximum Gasteiger partial charge on any atom is 0.227 e.